The van der Waals surface area contributed by atoms with Gasteiger partial charge in [-0.15, -0.1) is 11.3 Å². The topological polar surface area (TPSA) is 61.9 Å². The van der Waals surface area contributed by atoms with Crippen molar-refractivity contribution >= 4 is 22.9 Å². The van der Waals surface area contributed by atoms with E-state index in [1.807, 2.05) is 61.5 Å². The lowest BCUT2D eigenvalue weighted by molar-refractivity contribution is 0.305. The highest BCUT2D eigenvalue weighted by atomic mass is 35.5. The van der Waals surface area contributed by atoms with Gasteiger partial charge >= 0.3 is 5.69 Å². The van der Waals surface area contributed by atoms with Gasteiger partial charge in [-0.1, -0.05) is 35.9 Å². The standard InChI is InChI=1S/C20H17ClN4O2S/c1-13-5-3-8-17(25-20(26)24(2)22-23-25)16(13)12-27-15-7-4-6-14(11-15)18-9-10-19(21)28-18/h3-11H,12H2,1-2H3. The molecule has 0 spiro atoms. The first kappa shape index (κ1) is 18.5. The van der Waals surface area contributed by atoms with E-state index in [1.165, 1.54) is 20.7 Å². The van der Waals surface area contributed by atoms with Gasteiger partial charge in [0.25, 0.3) is 0 Å². The van der Waals surface area contributed by atoms with Gasteiger partial charge in [-0.25, -0.2) is 4.79 Å². The molecule has 0 aliphatic rings. The number of nitrogens with zero attached hydrogens (tertiary/aromatic N) is 4. The van der Waals surface area contributed by atoms with Crippen LogP contribution >= 0.6 is 22.9 Å². The summed E-state index contributed by atoms with van der Waals surface area (Å²) >= 11 is 7.57. The molecule has 0 atom stereocenters. The third kappa shape index (κ3) is 3.58. The number of thiophene rings is 1. The highest BCUT2D eigenvalue weighted by molar-refractivity contribution is 7.19. The molecule has 142 valence electrons. The number of benzene rings is 2. The molecule has 0 N–H and O–H groups in total. The summed E-state index contributed by atoms with van der Waals surface area (Å²) in [5.74, 6) is 0.739. The summed E-state index contributed by atoms with van der Waals surface area (Å²) in [6, 6.07) is 17.4. The van der Waals surface area contributed by atoms with Crippen LogP contribution in [0.1, 0.15) is 11.1 Å². The number of halogens is 1. The fourth-order valence-corrected chi connectivity index (χ4v) is 3.94. The monoisotopic (exact) mass is 412 g/mol. The fraction of sp³-hybridized carbons (Fsp3) is 0.150. The number of rotatable bonds is 5. The largest absolute Gasteiger partial charge is 0.489 e. The van der Waals surface area contributed by atoms with Crippen LogP contribution in [0.5, 0.6) is 5.75 Å². The van der Waals surface area contributed by atoms with E-state index in [1.54, 1.807) is 7.05 Å². The van der Waals surface area contributed by atoms with Crippen LogP contribution < -0.4 is 10.4 Å². The Morgan fingerprint density at radius 2 is 1.93 bits per heavy atom. The SMILES string of the molecule is Cc1cccc(-n2nnn(C)c2=O)c1COc1cccc(-c2ccc(Cl)s2)c1. The minimum absolute atomic E-state index is 0.302. The molecule has 2 aromatic heterocycles. The van der Waals surface area contributed by atoms with Crippen LogP contribution in [0, 0.1) is 6.92 Å². The molecule has 0 unspecified atom stereocenters. The van der Waals surface area contributed by atoms with Gasteiger partial charge in [0.1, 0.15) is 12.4 Å². The molecule has 28 heavy (non-hydrogen) atoms. The lowest BCUT2D eigenvalue weighted by atomic mass is 10.1. The Hall–Kier alpha value is -2.90. The summed E-state index contributed by atoms with van der Waals surface area (Å²) in [4.78, 5) is 13.3. The highest BCUT2D eigenvalue weighted by Gasteiger charge is 2.13. The predicted molar refractivity (Wildman–Crippen MR) is 110 cm³/mol. The van der Waals surface area contributed by atoms with Crippen LogP contribution in [0.3, 0.4) is 0 Å². The molecule has 0 radical (unpaired) electrons. The Labute approximate surface area is 170 Å². The van der Waals surface area contributed by atoms with E-state index in [0.717, 1.165) is 31.7 Å². The number of ether oxygens (including phenoxy) is 1. The number of tetrazole rings is 1. The summed E-state index contributed by atoms with van der Waals surface area (Å²) in [6.45, 7) is 2.29. The van der Waals surface area contributed by atoms with E-state index in [9.17, 15) is 4.79 Å². The van der Waals surface area contributed by atoms with Gasteiger partial charge in [-0.2, -0.15) is 9.36 Å². The van der Waals surface area contributed by atoms with E-state index >= 15 is 0 Å². The molecule has 4 aromatic rings. The zero-order valence-corrected chi connectivity index (χ0v) is 16.9. The van der Waals surface area contributed by atoms with E-state index in [4.69, 9.17) is 16.3 Å². The maximum atomic E-state index is 12.3. The molecule has 4 rings (SSSR count). The molecule has 0 aliphatic heterocycles. The summed E-state index contributed by atoms with van der Waals surface area (Å²) < 4.78 is 9.29. The molecule has 2 aromatic carbocycles. The first-order valence-electron chi connectivity index (χ1n) is 8.59. The Bertz CT molecular complexity index is 1190. The van der Waals surface area contributed by atoms with Gasteiger partial charge in [0.15, 0.2) is 0 Å². The number of aromatic nitrogens is 4. The zero-order valence-electron chi connectivity index (χ0n) is 15.3. The van der Waals surface area contributed by atoms with Crippen LogP contribution in [0.4, 0.5) is 0 Å². The minimum Gasteiger partial charge on any atom is -0.489 e. The number of hydrogen-bond acceptors (Lipinski definition) is 5. The van der Waals surface area contributed by atoms with Crippen molar-refractivity contribution in [2.75, 3.05) is 0 Å². The fourth-order valence-electron chi connectivity index (χ4n) is 2.90. The molecule has 0 amide bonds. The van der Waals surface area contributed by atoms with Crippen LogP contribution in [-0.2, 0) is 13.7 Å². The minimum atomic E-state index is -0.302. The second-order valence-corrected chi connectivity index (χ2v) is 8.00. The third-order valence-corrected chi connectivity index (χ3v) is 5.69. The van der Waals surface area contributed by atoms with Crippen molar-refractivity contribution in [3.63, 3.8) is 0 Å². The van der Waals surface area contributed by atoms with Crippen molar-refractivity contribution < 1.29 is 4.74 Å². The van der Waals surface area contributed by atoms with Crippen LogP contribution in [0.25, 0.3) is 16.1 Å². The first-order chi connectivity index (χ1) is 13.5. The summed E-state index contributed by atoms with van der Waals surface area (Å²) in [5.41, 5.74) is 3.30. The smallest absolute Gasteiger partial charge is 0.368 e. The number of aryl methyl sites for hydroxylation is 2. The van der Waals surface area contributed by atoms with Crippen molar-refractivity contribution in [2.45, 2.75) is 13.5 Å². The normalized spacial score (nSPS) is 11.0. The lowest BCUT2D eigenvalue weighted by Gasteiger charge is -2.13. The van der Waals surface area contributed by atoms with E-state index in [-0.39, 0.29) is 5.69 Å². The van der Waals surface area contributed by atoms with Crippen molar-refractivity contribution in [1.82, 2.24) is 19.8 Å². The summed E-state index contributed by atoms with van der Waals surface area (Å²) in [5, 5.41) is 7.74. The molecule has 0 fully saturated rings. The molecular formula is C20H17ClN4O2S. The van der Waals surface area contributed by atoms with Gasteiger partial charge in [-0.05, 0) is 58.8 Å². The zero-order chi connectivity index (χ0) is 19.7. The second-order valence-electron chi connectivity index (χ2n) is 6.29. The molecule has 2 heterocycles. The Balaban J connectivity index is 1.63. The summed E-state index contributed by atoms with van der Waals surface area (Å²) in [7, 11) is 1.57. The molecule has 0 saturated carbocycles. The Morgan fingerprint density at radius 1 is 1.11 bits per heavy atom. The van der Waals surface area contributed by atoms with Gasteiger partial charge in [0.2, 0.25) is 0 Å². The van der Waals surface area contributed by atoms with Crippen LogP contribution in [-0.4, -0.2) is 19.8 Å². The predicted octanol–water partition coefficient (Wildman–Crippen LogP) is 4.24. The molecule has 0 aliphatic carbocycles. The summed E-state index contributed by atoms with van der Waals surface area (Å²) in [6.07, 6.45) is 0. The third-order valence-electron chi connectivity index (χ3n) is 4.41. The average Bonchev–Trinajstić information content (AvgIpc) is 3.27. The van der Waals surface area contributed by atoms with E-state index in [0.29, 0.717) is 12.3 Å². The van der Waals surface area contributed by atoms with Gasteiger partial charge in [0.05, 0.1) is 10.0 Å². The Morgan fingerprint density at radius 3 is 2.64 bits per heavy atom. The maximum absolute atomic E-state index is 12.3. The van der Waals surface area contributed by atoms with Crippen molar-refractivity contribution in [1.29, 1.82) is 0 Å². The van der Waals surface area contributed by atoms with E-state index < -0.39 is 0 Å². The molecule has 0 saturated heterocycles. The van der Waals surface area contributed by atoms with Crippen molar-refractivity contribution in [2.24, 2.45) is 7.05 Å². The van der Waals surface area contributed by atoms with Crippen LogP contribution in [0.2, 0.25) is 4.34 Å². The lowest BCUT2D eigenvalue weighted by Crippen LogP contribution is -2.23. The number of hydrogen-bond donors (Lipinski definition) is 0. The van der Waals surface area contributed by atoms with E-state index in [2.05, 4.69) is 10.4 Å². The quantitative estimate of drug-likeness (QED) is 0.492. The average molecular weight is 413 g/mol. The maximum Gasteiger partial charge on any atom is 0.368 e. The molecular weight excluding hydrogens is 396 g/mol. The van der Waals surface area contributed by atoms with Crippen molar-refractivity contribution in [3.05, 3.63) is 80.5 Å². The first-order valence-corrected chi connectivity index (χ1v) is 9.79. The van der Waals surface area contributed by atoms with Crippen LogP contribution in [0.15, 0.2) is 59.4 Å². The molecule has 6 nitrogen and oxygen atoms in total. The second kappa shape index (κ2) is 7.61. The molecule has 0 bridgehead atoms. The van der Waals surface area contributed by atoms with Gasteiger partial charge in [0, 0.05) is 17.5 Å². The highest BCUT2D eigenvalue weighted by Crippen LogP contribution is 2.33. The Kier molecular flexibility index (Phi) is 5.02. The van der Waals surface area contributed by atoms with Gasteiger partial charge < -0.3 is 4.74 Å². The molecule has 8 heteroatoms. The van der Waals surface area contributed by atoms with Gasteiger partial charge in [-0.3, -0.25) is 0 Å². The van der Waals surface area contributed by atoms with Crippen molar-refractivity contribution in [3.8, 4) is 21.9 Å².